The van der Waals surface area contributed by atoms with E-state index < -0.39 is 0 Å². The van der Waals surface area contributed by atoms with E-state index in [1.807, 2.05) is 0 Å². The van der Waals surface area contributed by atoms with Crippen LogP contribution in [0.1, 0.15) is 0 Å². The van der Waals surface area contributed by atoms with Crippen LogP contribution in [0.2, 0.25) is 0 Å². The highest BCUT2D eigenvalue weighted by molar-refractivity contribution is 5.64. The summed E-state index contributed by atoms with van der Waals surface area (Å²) in [6, 6.07) is 4.41. The van der Waals surface area contributed by atoms with Crippen LogP contribution in [-0.2, 0) is 7.05 Å². The molecule has 4 nitrogen and oxygen atoms in total. The largest absolute Gasteiger partial charge is 0.399 e. The molecule has 0 aliphatic carbocycles. The van der Waals surface area contributed by atoms with Gasteiger partial charge in [0.15, 0.2) is 0 Å². The first-order valence-corrected chi connectivity index (χ1v) is 4.08. The number of aromatic nitrogens is 3. The van der Waals surface area contributed by atoms with Crippen molar-refractivity contribution in [1.82, 2.24) is 15.0 Å². The lowest BCUT2D eigenvalue weighted by Crippen LogP contribution is -1.96. The molecule has 0 fully saturated rings. The third kappa shape index (κ3) is 1.32. The highest BCUT2D eigenvalue weighted by Gasteiger charge is 2.09. The molecule has 14 heavy (non-hydrogen) atoms. The van der Waals surface area contributed by atoms with Crippen molar-refractivity contribution < 1.29 is 4.39 Å². The molecule has 5 heteroatoms. The molecular weight excluding hydrogens is 183 g/mol. The molecule has 0 radical (unpaired) electrons. The predicted molar refractivity (Wildman–Crippen MR) is 50.8 cm³/mol. The van der Waals surface area contributed by atoms with Gasteiger partial charge in [0.2, 0.25) is 0 Å². The first kappa shape index (κ1) is 8.68. The van der Waals surface area contributed by atoms with E-state index in [1.54, 1.807) is 13.1 Å². The van der Waals surface area contributed by atoms with Crippen molar-refractivity contribution in [2.45, 2.75) is 0 Å². The highest BCUT2D eigenvalue weighted by Crippen LogP contribution is 2.23. The van der Waals surface area contributed by atoms with Crippen LogP contribution >= 0.6 is 0 Å². The minimum atomic E-state index is -0.329. The lowest BCUT2D eigenvalue weighted by atomic mass is 10.1. The minimum Gasteiger partial charge on any atom is -0.399 e. The van der Waals surface area contributed by atoms with Crippen LogP contribution < -0.4 is 5.73 Å². The van der Waals surface area contributed by atoms with E-state index >= 15 is 0 Å². The Hall–Kier alpha value is -1.91. The number of halogens is 1. The van der Waals surface area contributed by atoms with Crippen molar-refractivity contribution in [3.8, 4) is 11.3 Å². The molecule has 1 aromatic carbocycles. The van der Waals surface area contributed by atoms with Gasteiger partial charge in [-0.25, -0.2) is 9.07 Å². The van der Waals surface area contributed by atoms with Crippen LogP contribution in [0.5, 0.6) is 0 Å². The minimum absolute atomic E-state index is 0.329. The second kappa shape index (κ2) is 3.10. The summed E-state index contributed by atoms with van der Waals surface area (Å²) < 4.78 is 14.9. The van der Waals surface area contributed by atoms with Gasteiger partial charge in [-0.2, -0.15) is 0 Å². The van der Waals surface area contributed by atoms with Crippen LogP contribution in [0.25, 0.3) is 11.3 Å². The summed E-state index contributed by atoms with van der Waals surface area (Å²) in [7, 11) is 1.70. The third-order valence-corrected chi connectivity index (χ3v) is 1.98. The van der Waals surface area contributed by atoms with Gasteiger partial charge in [-0.1, -0.05) is 5.21 Å². The zero-order valence-electron chi connectivity index (χ0n) is 7.61. The molecule has 2 N–H and O–H groups in total. The van der Waals surface area contributed by atoms with Crippen LogP contribution in [0.3, 0.4) is 0 Å². The molecule has 0 bridgehead atoms. The van der Waals surface area contributed by atoms with Crippen molar-refractivity contribution >= 4 is 5.69 Å². The van der Waals surface area contributed by atoms with Crippen LogP contribution in [0.15, 0.2) is 24.4 Å². The number of benzene rings is 1. The third-order valence-electron chi connectivity index (χ3n) is 1.98. The van der Waals surface area contributed by atoms with Gasteiger partial charge in [0.25, 0.3) is 0 Å². The predicted octanol–water partition coefficient (Wildman–Crippen LogP) is 1.20. The maximum Gasteiger partial charge on any atom is 0.132 e. The van der Waals surface area contributed by atoms with Gasteiger partial charge in [0.05, 0.1) is 11.9 Å². The number of aryl methyl sites for hydroxylation is 1. The Morgan fingerprint density at radius 1 is 1.43 bits per heavy atom. The SMILES string of the molecule is Cn1nncc1-c1cc(N)ccc1F. The first-order valence-electron chi connectivity index (χ1n) is 4.08. The van der Waals surface area contributed by atoms with Crippen molar-refractivity contribution in [3.05, 3.63) is 30.2 Å². The average Bonchev–Trinajstić information content (AvgIpc) is 2.56. The number of nitrogen functional groups attached to an aromatic ring is 1. The zero-order chi connectivity index (χ0) is 10.1. The van der Waals surface area contributed by atoms with E-state index in [1.165, 1.54) is 23.0 Å². The fourth-order valence-corrected chi connectivity index (χ4v) is 1.27. The quantitative estimate of drug-likeness (QED) is 0.691. The molecule has 1 heterocycles. The number of hydrogen-bond acceptors (Lipinski definition) is 3. The second-order valence-electron chi connectivity index (χ2n) is 2.98. The Morgan fingerprint density at radius 3 is 2.86 bits per heavy atom. The second-order valence-corrected chi connectivity index (χ2v) is 2.98. The molecular formula is C9H9FN4. The van der Waals surface area contributed by atoms with E-state index in [0.717, 1.165) is 0 Å². The first-order chi connectivity index (χ1) is 6.68. The Balaban J connectivity index is 2.62. The number of nitrogens with zero attached hydrogens (tertiary/aromatic N) is 3. The molecule has 1 aromatic heterocycles. The molecule has 0 aliphatic heterocycles. The number of hydrogen-bond donors (Lipinski definition) is 1. The zero-order valence-corrected chi connectivity index (χ0v) is 7.61. The summed E-state index contributed by atoms with van der Waals surface area (Å²) in [4.78, 5) is 0. The molecule has 0 aliphatic rings. The van der Waals surface area contributed by atoms with Gasteiger partial charge in [-0.3, -0.25) is 0 Å². The summed E-state index contributed by atoms with van der Waals surface area (Å²) in [6.45, 7) is 0. The number of rotatable bonds is 1. The van der Waals surface area contributed by atoms with E-state index in [2.05, 4.69) is 10.3 Å². The topological polar surface area (TPSA) is 56.7 Å². The van der Waals surface area contributed by atoms with Crippen molar-refractivity contribution in [1.29, 1.82) is 0 Å². The summed E-state index contributed by atoms with van der Waals surface area (Å²) in [5.41, 5.74) is 7.10. The summed E-state index contributed by atoms with van der Waals surface area (Å²) in [5, 5.41) is 7.40. The Bertz CT molecular complexity index is 464. The summed E-state index contributed by atoms with van der Waals surface area (Å²) in [5.74, 6) is -0.329. The van der Waals surface area contributed by atoms with Crippen LogP contribution in [-0.4, -0.2) is 15.0 Å². The van der Waals surface area contributed by atoms with Crippen LogP contribution in [0, 0.1) is 5.82 Å². The average molecular weight is 192 g/mol. The van der Waals surface area contributed by atoms with E-state index in [0.29, 0.717) is 16.9 Å². The lowest BCUT2D eigenvalue weighted by molar-refractivity contribution is 0.627. The number of nitrogens with two attached hydrogens (primary N) is 1. The Morgan fingerprint density at radius 2 is 2.21 bits per heavy atom. The highest BCUT2D eigenvalue weighted by atomic mass is 19.1. The fraction of sp³-hybridized carbons (Fsp3) is 0.111. The maximum atomic E-state index is 13.4. The number of anilines is 1. The van der Waals surface area contributed by atoms with Gasteiger partial charge in [-0.05, 0) is 18.2 Å². The molecule has 72 valence electrons. The molecule has 0 saturated carbocycles. The van der Waals surface area contributed by atoms with Crippen molar-refractivity contribution in [2.75, 3.05) is 5.73 Å². The Labute approximate surface area is 80.2 Å². The fourth-order valence-electron chi connectivity index (χ4n) is 1.27. The Kier molecular flexibility index (Phi) is 1.92. The monoisotopic (exact) mass is 192 g/mol. The van der Waals surface area contributed by atoms with Crippen LogP contribution in [0.4, 0.5) is 10.1 Å². The van der Waals surface area contributed by atoms with Gasteiger partial charge < -0.3 is 5.73 Å². The molecule has 2 rings (SSSR count). The van der Waals surface area contributed by atoms with Crippen molar-refractivity contribution in [2.24, 2.45) is 7.05 Å². The van der Waals surface area contributed by atoms with Crippen molar-refractivity contribution in [3.63, 3.8) is 0 Å². The molecule has 0 saturated heterocycles. The lowest BCUT2D eigenvalue weighted by Gasteiger charge is -2.03. The molecule has 0 atom stereocenters. The summed E-state index contributed by atoms with van der Waals surface area (Å²) >= 11 is 0. The summed E-state index contributed by atoms with van der Waals surface area (Å²) in [6.07, 6.45) is 1.50. The smallest absolute Gasteiger partial charge is 0.132 e. The standard InChI is InChI=1S/C9H9FN4/c1-14-9(5-12-13-14)7-4-6(11)2-3-8(7)10/h2-5H,11H2,1H3. The molecule has 0 amide bonds. The van der Waals surface area contributed by atoms with E-state index in [4.69, 9.17) is 5.73 Å². The van der Waals surface area contributed by atoms with Gasteiger partial charge >= 0.3 is 0 Å². The van der Waals surface area contributed by atoms with E-state index in [9.17, 15) is 4.39 Å². The molecule has 0 unspecified atom stereocenters. The van der Waals surface area contributed by atoms with Gasteiger partial charge in [0.1, 0.15) is 5.82 Å². The van der Waals surface area contributed by atoms with Gasteiger partial charge in [-0.15, -0.1) is 5.10 Å². The van der Waals surface area contributed by atoms with Gasteiger partial charge in [0, 0.05) is 18.3 Å². The molecule has 2 aromatic rings. The molecule has 0 spiro atoms. The maximum absolute atomic E-state index is 13.4. The normalized spacial score (nSPS) is 10.4. The van der Waals surface area contributed by atoms with E-state index in [-0.39, 0.29) is 5.82 Å².